The highest BCUT2D eigenvalue weighted by Crippen LogP contribution is 2.19. The van der Waals surface area contributed by atoms with E-state index in [1.165, 1.54) is 18.4 Å². The average molecular weight is 257 g/mol. The van der Waals surface area contributed by atoms with Crippen molar-refractivity contribution in [2.75, 3.05) is 6.54 Å². The van der Waals surface area contributed by atoms with E-state index < -0.39 is 0 Å². The summed E-state index contributed by atoms with van der Waals surface area (Å²) in [5.74, 6) is 0. The molecule has 2 aromatic heterocycles. The fraction of sp³-hybridized carbons (Fsp3) is 0.438. The Bertz CT molecular complexity index is 470. The molecule has 2 rings (SSSR count). The van der Waals surface area contributed by atoms with Gasteiger partial charge in [-0.3, -0.25) is 4.98 Å². The minimum absolute atomic E-state index is 0.472. The molecule has 0 saturated heterocycles. The lowest BCUT2D eigenvalue weighted by Crippen LogP contribution is -2.20. The molecular formula is C16H23N3. The molecule has 19 heavy (non-hydrogen) atoms. The second-order valence-electron chi connectivity index (χ2n) is 4.84. The number of aromatic nitrogens is 2. The van der Waals surface area contributed by atoms with Crippen molar-refractivity contribution in [2.24, 2.45) is 0 Å². The van der Waals surface area contributed by atoms with Gasteiger partial charge in [-0.15, -0.1) is 0 Å². The van der Waals surface area contributed by atoms with E-state index in [9.17, 15) is 0 Å². The molecule has 0 aliphatic carbocycles. The monoisotopic (exact) mass is 257 g/mol. The van der Waals surface area contributed by atoms with Gasteiger partial charge < -0.3 is 9.88 Å². The summed E-state index contributed by atoms with van der Waals surface area (Å²) in [6, 6.07) is 8.73. The molecule has 0 spiro atoms. The largest absolute Gasteiger partial charge is 0.348 e. The van der Waals surface area contributed by atoms with E-state index in [-0.39, 0.29) is 0 Å². The second-order valence-corrected chi connectivity index (χ2v) is 4.84. The van der Waals surface area contributed by atoms with Crippen LogP contribution < -0.4 is 5.32 Å². The molecule has 1 N–H and O–H groups in total. The Balaban J connectivity index is 2.05. The molecule has 1 unspecified atom stereocenters. The van der Waals surface area contributed by atoms with Gasteiger partial charge in [0, 0.05) is 24.6 Å². The van der Waals surface area contributed by atoms with Crippen molar-refractivity contribution in [2.45, 2.75) is 39.3 Å². The second kappa shape index (κ2) is 7.10. The molecule has 3 heteroatoms. The van der Waals surface area contributed by atoms with Gasteiger partial charge >= 0.3 is 0 Å². The van der Waals surface area contributed by atoms with Crippen LogP contribution in [0.25, 0.3) is 0 Å². The zero-order chi connectivity index (χ0) is 13.5. The molecule has 3 nitrogen and oxygen atoms in total. The predicted molar refractivity (Wildman–Crippen MR) is 79.1 cm³/mol. The van der Waals surface area contributed by atoms with Crippen molar-refractivity contribution in [3.05, 3.63) is 54.1 Å². The van der Waals surface area contributed by atoms with E-state index in [0.29, 0.717) is 6.04 Å². The maximum Gasteiger partial charge on any atom is 0.0642 e. The van der Waals surface area contributed by atoms with E-state index in [1.54, 1.807) is 0 Å². The van der Waals surface area contributed by atoms with Crippen LogP contribution >= 0.6 is 0 Å². The van der Waals surface area contributed by atoms with Crippen molar-refractivity contribution in [3.8, 4) is 0 Å². The summed E-state index contributed by atoms with van der Waals surface area (Å²) in [5.41, 5.74) is 2.47. The first-order valence-electron chi connectivity index (χ1n) is 7.12. The van der Waals surface area contributed by atoms with E-state index in [1.807, 2.05) is 18.3 Å². The predicted octanol–water partition coefficient (Wildman–Crippen LogP) is 3.38. The lowest BCUT2D eigenvalue weighted by molar-refractivity contribution is 0.508. The third-order valence-electron chi connectivity index (χ3n) is 3.27. The standard InChI is InChI=1S/C16H23N3/c1-3-7-16(17-4-2)14-9-11-19(12-14)13-15-8-5-6-10-18-15/h5-6,8-12,16-17H,3-4,7,13H2,1-2H3. The molecule has 0 aromatic carbocycles. The van der Waals surface area contributed by atoms with Crippen molar-refractivity contribution < 1.29 is 0 Å². The number of pyridine rings is 1. The summed E-state index contributed by atoms with van der Waals surface area (Å²) in [6.45, 7) is 6.24. The van der Waals surface area contributed by atoms with Crippen molar-refractivity contribution in [1.29, 1.82) is 0 Å². The Morgan fingerprint density at radius 1 is 1.26 bits per heavy atom. The molecule has 0 saturated carbocycles. The lowest BCUT2D eigenvalue weighted by Gasteiger charge is -2.15. The molecule has 2 heterocycles. The normalized spacial score (nSPS) is 12.5. The third kappa shape index (κ3) is 3.93. The van der Waals surface area contributed by atoms with Crippen LogP contribution in [0.1, 0.15) is 44.0 Å². The molecule has 0 bridgehead atoms. The van der Waals surface area contributed by atoms with Gasteiger partial charge in [-0.2, -0.15) is 0 Å². The molecule has 0 amide bonds. The third-order valence-corrected chi connectivity index (χ3v) is 3.27. The number of hydrogen-bond acceptors (Lipinski definition) is 2. The molecular weight excluding hydrogens is 234 g/mol. The first-order valence-corrected chi connectivity index (χ1v) is 7.12. The highest BCUT2D eigenvalue weighted by molar-refractivity contribution is 5.17. The fourth-order valence-electron chi connectivity index (χ4n) is 2.36. The summed E-state index contributed by atoms with van der Waals surface area (Å²) in [6.07, 6.45) is 8.60. The van der Waals surface area contributed by atoms with Gasteiger partial charge in [0.05, 0.1) is 12.2 Å². The van der Waals surface area contributed by atoms with Gasteiger partial charge in [-0.1, -0.05) is 26.3 Å². The first kappa shape index (κ1) is 13.8. The molecule has 0 radical (unpaired) electrons. The van der Waals surface area contributed by atoms with Crippen molar-refractivity contribution in [3.63, 3.8) is 0 Å². The summed E-state index contributed by atoms with van der Waals surface area (Å²) in [7, 11) is 0. The summed E-state index contributed by atoms with van der Waals surface area (Å²) in [5, 5.41) is 3.55. The van der Waals surface area contributed by atoms with Gasteiger partial charge in [0.25, 0.3) is 0 Å². The van der Waals surface area contributed by atoms with Crippen LogP contribution in [0.3, 0.4) is 0 Å². The van der Waals surface area contributed by atoms with Crippen LogP contribution in [0.4, 0.5) is 0 Å². The van der Waals surface area contributed by atoms with Crippen LogP contribution in [-0.4, -0.2) is 16.1 Å². The SMILES string of the molecule is CCCC(NCC)c1ccn(Cc2ccccn2)c1. The number of nitrogens with one attached hydrogen (secondary N) is 1. The van der Waals surface area contributed by atoms with Crippen LogP contribution in [-0.2, 0) is 6.54 Å². The van der Waals surface area contributed by atoms with E-state index in [0.717, 1.165) is 18.8 Å². The van der Waals surface area contributed by atoms with Gasteiger partial charge in [-0.05, 0) is 36.7 Å². The van der Waals surface area contributed by atoms with Crippen molar-refractivity contribution >= 4 is 0 Å². The Morgan fingerprint density at radius 2 is 2.16 bits per heavy atom. The van der Waals surface area contributed by atoms with Crippen LogP contribution in [0.2, 0.25) is 0 Å². The Labute approximate surface area is 115 Å². The Morgan fingerprint density at radius 3 is 2.84 bits per heavy atom. The van der Waals surface area contributed by atoms with Crippen LogP contribution in [0.15, 0.2) is 42.9 Å². The van der Waals surface area contributed by atoms with E-state index in [2.05, 4.69) is 53.2 Å². The van der Waals surface area contributed by atoms with E-state index in [4.69, 9.17) is 0 Å². The quantitative estimate of drug-likeness (QED) is 0.824. The Hall–Kier alpha value is -1.61. The summed E-state index contributed by atoms with van der Waals surface area (Å²) >= 11 is 0. The van der Waals surface area contributed by atoms with Crippen LogP contribution in [0, 0.1) is 0 Å². The van der Waals surface area contributed by atoms with Crippen LogP contribution in [0.5, 0.6) is 0 Å². The fourth-order valence-corrected chi connectivity index (χ4v) is 2.36. The smallest absolute Gasteiger partial charge is 0.0642 e. The zero-order valence-electron chi connectivity index (χ0n) is 11.8. The average Bonchev–Trinajstić information content (AvgIpc) is 2.88. The number of rotatable bonds is 7. The minimum atomic E-state index is 0.472. The number of hydrogen-bond donors (Lipinski definition) is 1. The molecule has 1 atom stereocenters. The molecule has 0 fully saturated rings. The Kier molecular flexibility index (Phi) is 5.16. The molecule has 2 aromatic rings. The maximum atomic E-state index is 4.36. The maximum absolute atomic E-state index is 4.36. The molecule has 0 aliphatic heterocycles. The van der Waals surface area contributed by atoms with Gasteiger partial charge in [0.15, 0.2) is 0 Å². The summed E-state index contributed by atoms with van der Waals surface area (Å²) < 4.78 is 2.21. The van der Waals surface area contributed by atoms with Crippen molar-refractivity contribution in [1.82, 2.24) is 14.9 Å². The zero-order valence-corrected chi connectivity index (χ0v) is 11.8. The van der Waals surface area contributed by atoms with E-state index >= 15 is 0 Å². The molecule has 102 valence electrons. The summed E-state index contributed by atoms with van der Waals surface area (Å²) in [4.78, 5) is 4.36. The lowest BCUT2D eigenvalue weighted by atomic mass is 10.1. The highest BCUT2D eigenvalue weighted by atomic mass is 15.0. The highest BCUT2D eigenvalue weighted by Gasteiger charge is 2.10. The van der Waals surface area contributed by atoms with Gasteiger partial charge in [0.2, 0.25) is 0 Å². The number of nitrogens with zero attached hydrogens (tertiary/aromatic N) is 2. The molecule has 0 aliphatic rings. The van der Waals surface area contributed by atoms with Gasteiger partial charge in [-0.25, -0.2) is 0 Å². The topological polar surface area (TPSA) is 29.9 Å². The minimum Gasteiger partial charge on any atom is -0.348 e. The van der Waals surface area contributed by atoms with Gasteiger partial charge in [0.1, 0.15) is 0 Å². The first-order chi connectivity index (χ1) is 9.33.